The maximum Gasteiger partial charge on any atom is 0.328 e. The van der Waals surface area contributed by atoms with Gasteiger partial charge in [-0.3, -0.25) is 4.79 Å². The molecule has 0 aliphatic heterocycles. The highest BCUT2D eigenvalue weighted by Crippen LogP contribution is 2.19. The van der Waals surface area contributed by atoms with Crippen LogP contribution in [0.15, 0.2) is 53.0 Å². The Morgan fingerprint density at radius 1 is 1.04 bits per heavy atom. The smallest absolute Gasteiger partial charge is 0.328 e. The second-order valence-corrected chi connectivity index (χ2v) is 6.36. The Morgan fingerprint density at radius 2 is 1.74 bits per heavy atom. The first kappa shape index (κ1) is 20.4. The summed E-state index contributed by atoms with van der Waals surface area (Å²) in [4.78, 5) is 35.3. The lowest BCUT2D eigenvalue weighted by Crippen LogP contribution is -2.50. The van der Waals surface area contributed by atoms with Gasteiger partial charge < -0.3 is 21.1 Å². The van der Waals surface area contributed by atoms with Gasteiger partial charge in [0.25, 0.3) is 5.91 Å². The molecule has 0 saturated heterocycles. The molecular weight excluding hydrogens is 421 g/mol. The van der Waals surface area contributed by atoms with Crippen molar-refractivity contribution in [3.8, 4) is 0 Å². The molecule has 1 atom stereocenters. The summed E-state index contributed by atoms with van der Waals surface area (Å²) in [6.07, 6.45) is 0. The van der Waals surface area contributed by atoms with Gasteiger partial charge in [0.2, 0.25) is 0 Å². The van der Waals surface area contributed by atoms with Gasteiger partial charge >= 0.3 is 12.0 Å². The number of carbonyl (C=O) groups excluding carboxylic acids is 2. The Balaban J connectivity index is 1.90. The van der Waals surface area contributed by atoms with Gasteiger partial charge in [0, 0.05) is 11.0 Å². The molecule has 0 fully saturated rings. The van der Waals surface area contributed by atoms with Gasteiger partial charge in [-0.15, -0.1) is 0 Å². The van der Waals surface area contributed by atoms with Crippen LogP contribution in [0.1, 0.15) is 15.9 Å². The number of carbonyl (C=O) groups is 3. The van der Waals surface area contributed by atoms with Crippen molar-refractivity contribution in [1.29, 1.82) is 0 Å². The number of amides is 3. The zero-order valence-electron chi connectivity index (χ0n) is 14.0. The van der Waals surface area contributed by atoms with Gasteiger partial charge in [-0.25, -0.2) is 14.0 Å². The van der Waals surface area contributed by atoms with Crippen molar-refractivity contribution in [2.24, 2.45) is 0 Å². The number of hydrogen-bond donors (Lipinski definition) is 4. The first-order valence-electron chi connectivity index (χ1n) is 7.91. The van der Waals surface area contributed by atoms with E-state index in [9.17, 15) is 23.9 Å². The van der Waals surface area contributed by atoms with Crippen LogP contribution in [0.4, 0.5) is 9.18 Å². The van der Waals surface area contributed by atoms with E-state index in [2.05, 4.69) is 31.9 Å². The minimum absolute atomic E-state index is 0.192. The van der Waals surface area contributed by atoms with Crippen molar-refractivity contribution in [2.75, 3.05) is 6.54 Å². The van der Waals surface area contributed by atoms with Crippen molar-refractivity contribution in [3.63, 3.8) is 0 Å². The molecule has 0 saturated carbocycles. The Labute approximate surface area is 163 Å². The van der Waals surface area contributed by atoms with E-state index in [1.54, 1.807) is 0 Å². The Bertz CT molecular complexity index is 812. The number of rotatable bonds is 7. The summed E-state index contributed by atoms with van der Waals surface area (Å²) in [6, 6.07) is 11.1. The van der Waals surface area contributed by atoms with E-state index in [0.29, 0.717) is 0 Å². The Kier molecular flexibility index (Phi) is 7.30. The maximum absolute atomic E-state index is 13.8. The molecule has 0 spiro atoms. The minimum Gasteiger partial charge on any atom is -0.480 e. The van der Waals surface area contributed by atoms with Crippen LogP contribution < -0.4 is 16.0 Å². The van der Waals surface area contributed by atoms with E-state index in [1.807, 2.05) is 30.3 Å². The van der Waals surface area contributed by atoms with E-state index in [1.165, 1.54) is 12.1 Å². The number of nitrogens with one attached hydrogen (secondary N) is 3. The molecule has 2 rings (SSSR count). The molecule has 2 aromatic carbocycles. The second-order valence-electron chi connectivity index (χ2n) is 5.51. The van der Waals surface area contributed by atoms with Gasteiger partial charge in [0.1, 0.15) is 11.9 Å². The number of benzene rings is 2. The van der Waals surface area contributed by atoms with Crippen molar-refractivity contribution in [1.82, 2.24) is 16.0 Å². The number of hydrogen-bond acceptors (Lipinski definition) is 3. The molecule has 0 aliphatic rings. The molecule has 3 amide bonds. The molecule has 4 N–H and O–H groups in total. The average molecular weight is 438 g/mol. The summed E-state index contributed by atoms with van der Waals surface area (Å²) in [7, 11) is 0. The van der Waals surface area contributed by atoms with E-state index < -0.39 is 29.8 Å². The van der Waals surface area contributed by atoms with Crippen LogP contribution >= 0.6 is 15.9 Å². The van der Waals surface area contributed by atoms with E-state index in [-0.39, 0.29) is 23.1 Å². The fraction of sp³-hybridized carbons (Fsp3) is 0.167. The maximum atomic E-state index is 13.8. The molecule has 142 valence electrons. The predicted molar refractivity (Wildman–Crippen MR) is 99.7 cm³/mol. The normalized spacial score (nSPS) is 11.3. The third-order valence-electron chi connectivity index (χ3n) is 3.56. The van der Waals surface area contributed by atoms with E-state index in [0.717, 1.165) is 11.6 Å². The van der Waals surface area contributed by atoms with Crippen LogP contribution in [-0.4, -0.2) is 35.6 Å². The zero-order valence-corrected chi connectivity index (χ0v) is 15.6. The van der Waals surface area contributed by atoms with Crippen molar-refractivity contribution >= 4 is 33.8 Å². The monoisotopic (exact) mass is 437 g/mol. The molecule has 1 unspecified atom stereocenters. The lowest BCUT2D eigenvalue weighted by atomic mass is 10.2. The van der Waals surface area contributed by atoms with E-state index in [4.69, 9.17) is 0 Å². The second kappa shape index (κ2) is 9.67. The van der Waals surface area contributed by atoms with Crippen LogP contribution in [0.25, 0.3) is 0 Å². The summed E-state index contributed by atoms with van der Waals surface area (Å²) >= 11 is 3.05. The van der Waals surface area contributed by atoms with Gasteiger partial charge in [0.05, 0.1) is 12.1 Å². The molecule has 0 aromatic heterocycles. The highest BCUT2D eigenvalue weighted by molar-refractivity contribution is 9.10. The highest BCUT2D eigenvalue weighted by Gasteiger charge is 2.24. The quantitative estimate of drug-likeness (QED) is 0.532. The first-order chi connectivity index (χ1) is 12.9. The van der Waals surface area contributed by atoms with Gasteiger partial charge in [-0.1, -0.05) is 36.4 Å². The summed E-state index contributed by atoms with van der Waals surface area (Å²) in [5, 5.41) is 16.4. The van der Waals surface area contributed by atoms with Crippen LogP contribution in [0.5, 0.6) is 0 Å². The van der Waals surface area contributed by atoms with Crippen molar-refractivity contribution < 1.29 is 23.9 Å². The standard InChI is InChI=1S/C18H17BrFN3O4/c19-12-7-4-8-13(20)15(12)16(24)23-14(17(25)26)10-22-18(27)21-9-11-5-2-1-3-6-11/h1-8,14H,9-10H2,(H,23,24)(H,25,26)(H2,21,22,27). The average Bonchev–Trinajstić information content (AvgIpc) is 2.63. The largest absolute Gasteiger partial charge is 0.480 e. The number of urea groups is 1. The first-order valence-corrected chi connectivity index (χ1v) is 8.71. The summed E-state index contributed by atoms with van der Waals surface area (Å²) in [5.41, 5.74) is 0.567. The van der Waals surface area contributed by atoms with E-state index >= 15 is 0 Å². The Hall–Kier alpha value is -2.94. The molecule has 0 radical (unpaired) electrons. The molecule has 0 bridgehead atoms. The summed E-state index contributed by atoms with van der Waals surface area (Å²) < 4.78 is 14.0. The highest BCUT2D eigenvalue weighted by atomic mass is 79.9. The number of halogens is 2. The number of carboxylic acids is 1. The molecule has 2 aromatic rings. The molecule has 0 aliphatic carbocycles. The Morgan fingerprint density at radius 3 is 2.37 bits per heavy atom. The third-order valence-corrected chi connectivity index (χ3v) is 4.22. The minimum atomic E-state index is -1.42. The van der Waals surface area contributed by atoms with Crippen LogP contribution in [0.3, 0.4) is 0 Å². The van der Waals surface area contributed by atoms with Gasteiger partial charge in [-0.2, -0.15) is 0 Å². The topological polar surface area (TPSA) is 108 Å². The van der Waals surface area contributed by atoms with Gasteiger partial charge in [-0.05, 0) is 33.6 Å². The van der Waals surface area contributed by atoms with Crippen molar-refractivity contribution in [3.05, 3.63) is 69.9 Å². The molecule has 0 heterocycles. The van der Waals surface area contributed by atoms with Gasteiger partial charge in [0.15, 0.2) is 0 Å². The zero-order chi connectivity index (χ0) is 19.8. The van der Waals surface area contributed by atoms with Crippen molar-refractivity contribution in [2.45, 2.75) is 12.6 Å². The third kappa shape index (κ3) is 6.07. The molecule has 7 nitrogen and oxygen atoms in total. The SMILES string of the molecule is O=C(NCc1ccccc1)NCC(NC(=O)c1c(F)cccc1Br)C(=O)O. The number of aliphatic carboxylic acids is 1. The number of carboxylic acid groups (broad SMARTS) is 1. The summed E-state index contributed by atoms with van der Waals surface area (Å²) in [6.45, 7) is -0.104. The molecule has 9 heteroatoms. The fourth-order valence-corrected chi connectivity index (χ4v) is 2.70. The lowest BCUT2D eigenvalue weighted by Gasteiger charge is -2.16. The lowest BCUT2D eigenvalue weighted by molar-refractivity contribution is -0.139. The van der Waals surface area contributed by atoms with Crippen LogP contribution in [-0.2, 0) is 11.3 Å². The van der Waals surface area contributed by atoms with Crippen LogP contribution in [0.2, 0.25) is 0 Å². The predicted octanol–water partition coefficient (Wildman–Crippen LogP) is 2.27. The molecule has 27 heavy (non-hydrogen) atoms. The fourth-order valence-electron chi connectivity index (χ4n) is 2.18. The van der Waals surface area contributed by atoms with Crippen LogP contribution in [0, 0.1) is 5.82 Å². The summed E-state index contributed by atoms with van der Waals surface area (Å²) in [5.74, 6) is -3.06. The molecular formula is C18H17BrFN3O4.